The van der Waals surface area contributed by atoms with E-state index in [2.05, 4.69) is 10.1 Å². The summed E-state index contributed by atoms with van der Waals surface area (Å²) in [5, 5.41) is 4.65. The minimum absolute atomic E-state index is 0.151. The third kappa shape index (κ3) is 4.82. The van der Waals surface area contributed by atoms with Gasteiger partial charge < -0.3 is 9.42 Å². The number of nitrogens with zero attached hydrogens (tertiary/aromatic N) is 3. The maximum atomic E-state index is 12.5. The molecule has 1 saturated carbocycles. The number of benzene rings is 1. The van der Waals surface area contributed by atoms with Crippen LogP contribution in [-0.4, -0.2) is 34.0 Å². The molecule has 1 aromatic carbocycles. The summed E-state index contributed by atoms with van der Waals surface area (Å²) in [7, 11) is 1.92. The number of aryl methyl sites for hydroxylation is 1. The first-order valence-electron chi connectivity index (χ1n) is 8.97. The normalized spacial score (nSPS) is 15.8. The van der Waals surface area contributed by atoms with Gasteiger partial charge >= 0.3 is 0 Å². The van der Waals surface area contributed by atoms with E-state index in [1.165, 1.54) is 25.7 Å². The molecule has 1 aromatic heterocycles. The minimum atomic E-state index is 0.151. The highest BCUT2D eigenvalue weighted by atomic mass is 35.5. The van der Waals surface area contributed by atoms with E-state index >= 15 is 0 Å². The third-order valence-electron chi connectivity index (χ3n) is 4.89. The second-order valence-corrected chi connectivity index (χ2v) is 7.11. The highest BCUT2D eigenvalue weighted by molar-refractivity contribution is 6.30. The first-order valence-corrected chi connectivity index (χ1v) is 9.35. The van der Waals surface area contributed by atoms with Gasteiger partial charge in [0.2, 0.25) is 17.6 Å². The SMILES string of the molecule is CN(C(=O)CCc1nc(-c2ccc(Cl)cc2)no1)C1CCCCCC1. The number of hydrogen-bond donors (Lipinski definition) is 0. The van der Waals surface area contributed by atoms with Crippen molar-refractivity contribution in [2.24, 2.45) is 0 Å². The van der Waals surface area contributed by atoms with Gasteiger partial charge in [-0.25, -0.2) is 0 Å². The van der Waals surface area contributed by atoms with E-state index in [0.29, 0.717) is 35.6 Å². The van der Waals surface area contributed by atoms with E-state index in [1.54, 1.807) is 12.1 Å². The van der Waals surface area contributed by atoms with Gasteiger partial charge in [-0.3, -0.25) is 4.79 Å². The van der Waals surface area contributed by atoms with Crippen LogP contribution in [0, 0.1) is 0 Å². The smallest absolute Gasteiger partial charge is 0.227 e. The van der Waals surface area contributed by atoms with Crippen LogP contribution in [0.25, 0.3) is 11.4 Å². The average molecular weight is 362 g/mol. The molecular weight excluding hydrogens is 338 g/mol. The third-order valence-corrected chi connectivity index (χ3v) is 5.14. The predicted molar refractivity (Wildman–Crippen MR) is 97.3 cm³/mol. The molecule has 0 saturated heterocycles. The van der Waals surface area contributed by atoms with Gasteiger partial charge in [0.05, 0.1) is 0 Å². The highest BCUT2D eigenvalue weighted by Gasteiger charge is 2.21. The number of amides is 1. The van der Waals surface area contributed by atoms with E-state index in [0.717, 1.165) is 18.4 Å². The summed E-state index contributed by atoms with van der Waals surface area (Å²) in [6, 6.07) is 7.66. The minimum Gasteiger partial charge on any atom is -0.343 e. The van der Waals surface area contributed by atoms with Crippen LogP contribution in [0.5, 0.6) is 0 Å². The molecule has 3 rings (SSSR count). The van der Waals surface area contributed by atoms with Gasteiger partial charge in [-0.15, -0.1) is 0 Å². The summed E-state index contributed by atoms with van der Waals surface area (Å²) in [6.45, 7) is 0. The van der Waals surface area contributed by atoms with Crippen molar-refractivity contribution < 1.29 is 9.32 Å². The maximum Gasteiger partial charge on any atom is 0.227 e. The number of carbonyl (C=O) groups is 1. The number of hydrogen-bond acceptors (Lipinski definition) is 4. The molecule has 0 unspecified atom stereocenters. The monoisotopic (exact) mass is 361 g/mol. The fourth-order valence-corrected chi connectivity index (χ4v) is 3.44. The lowest BCUT2D eigenvalue weighted by molar-refractivity contribution is -0.132. The van der Waals surface area contributed by atoms with Gasteiger partial charge in [-0.05, 0) is 37.1 Å². The van der Waals surface area contributed by atoms with Crippen LogP contribution in [0.1, 0.15) is 50.8 Å². The van der Waals surface area contributed by atoms with Crippen molar-refractivity contribution in [1.82, 2.24) is 15.0 Å². The summed E-state index contributed by atoms with van der Waals surface area (Å²) < 4.78 is 5.28. The van der Waals surface area contributed by atoms with Crippen molar-refractivity contribution in [3.8, 4) is 11.4 Å². The van der Waals surface area contributed by atoms with Gasteiger partial charge in [0, 0.05) is 36.5 Å². The van der Waals surface area contributed by atoms with Crippen LogP contribution in [0.4, 0.5) is 0 Å². The van der Waals surface area contributed by atoms with E-state index in [9.17, 15) is 4.79 Å². The molecule has 1 heterocycles. The summed E-state index contributed by atoms with van der Waals surface area (Å²) in [6.07, 6.45) is 8.10. The Balaban J connectivity index is 1.54. The Labute approximate surface area is 153 Å². The summed E-state index contributed by atoms with van der Waals surface area (Å²) in [4.78, 5) is 18.8. The summed E-state index contributed by atoms with van der Waals surface area (Å²) >= 11 is 5.89. The molecule has 2 aromatic rings. The molecule has 0 atom stereocenters. The van der Waals surface area contributed by atoms with Crippen molar-refractivity contribution in [1.29, 1.82) is 0 Å². The molecule has 0 bridgehead atoms. The zero-order valence-electron chi connectivity index (χ0n) is 14.6. The molecule has 0 N–H and O–H groups in total. The summed E-state index contributed by atoms with van der Waals surface area (Å²) in [5.74, 6) is 1.17. The van der Waals surface area contributed by atoms with Crippen molar-refractivity contribution in [2.75, 3.05) is 7.05 Å². The second-order valence-electron chi connectivity index (χ2n) is 6.67. The Morgan fingerprint density at radius 2 is 1.88 bits per heavy atom. The van der Waals surface area contributed by atoms with Crippen LogP contribution in [-0.2, 0) is 11.2 Å². The average Bonchev–Trinajstić information content (AvgIpc) is 2.93. The Morgan fingerprint density at radius 3 is 2.56 bits per heavy atom. The Kier molecular flexibility index (Phi) is 6.08. The van der Waals surface area contributed by atoms with Crippen LogP contribution < -0.4 is 0 Å². The predicted octanol–water partition coefficient (Wildman–Crippen LogP) is 4.50. The van der Waals surface area contributed by atoms with E-state index < -0.39 is 0 Å². The molecule has 1 aliphatic rings. The molecule has 1 amide bonds. The molecular formula is C19H24ClN3O2. The van der Waals surface area contributed by atoms with E-state index in [4.69, 9.17) is 16.1 Å². The maximum absolute atomic E-state index is 12.5. The number of halogens is 1. The van der Waals surface area contributed by atoms with Crippen LogP contribution in [0.3, 0.4) is 0 Å². The first-order chi connectivity index (χ1) is 12.1. The van der Waals surface area contributed by atoms with Crippen LogP contribution in [0.15, 0.2) is 28.8 Å². The van der Waals surface area contributed by atoms with Gasteiger partial charge in [-0.2, -0.15) is 4.98 Å². The standard InChI is InChI=1S/C19H24ClN3O2/c1-23(16-6-4-2-3-5-7-16)18(24)13-12-17-21-19(22-25-17)14-8-10-15(20)11-9-14/h8-11,16H,2-7,12-13H2,1H3. The van der Waals surface area contributed by atoms with Gasteiger partial charge in [0.25, 0.3) is 0 Å². The largest absolute Gasteiger partial charge is 0.343 e. The van der Waals surface area contributed by atoms with Gasteiger partial charge in [0.15, 0.2) is 0 Å². The number of carbonyl (C=O) groups excluding carboxylic acids is 1. The van der Waals surface area contributed by atoms with Crippen molar-refractivity contribution >= 4 is 17.5 Å². The molecule has 0 radical (unpaired) electrons. The van der Waals surface area contributed by atoms with Crippen molar-refractivity contribution in [3.63, 3.8) is 0 Å². The zero-order valence-corrected chi connectivity index (χ0v) is 15.3. The molecule has 5 nitrogen and oxygen atoms in total. The fraction of sp³-hybridized carbons (Fsp3) is 0.526. The Bertz CT molecular complexity index is 691. The molecule has 0 aliphatic heterocycles. The van der Waals surface area contributed by atoms with Gasteiger partial charge in [-0.1, -0.05) is 42.4 Å². The van der Waals surface area contributed by atoms with Crippen LogP contribution in [0.2, 0.25) is 5.02 Å². The quantitative estimate of drug-likeness (QED) is 0.735. The molecule has 1 aliphatic carbocycles. The fourth-order valence-electron chi connectivity index (χ4n) is 3.31. The van der Waals surface area contributed by atoms with E-state index in [1.807, 2.05) is 24.1 Å². The first kappa shape index (κ1) is 17.9. The highest BCUT2D eigenvalue weighted by Crippen LogP contribution is 2.22. The lowest BCUT2D eigenvalue weighted by atomic mass is 10.1. The zero-order chi connectivity index (χ0) is 17.6. The summed E-state index contributed by atoms with van der Waals surface area (Å²) in [5.41, 5.74) is 0.848. The Hall–Kier alpha value is -1.88. The second kappa shape index (κ2) is 8.48. The van der Waals surface area contributed by atoms with Gasteiger partial charge in [0.1, 0.15) is 0 Å². The lowest BCUT2D eigenvalue weighted by Crippen LogP contribution is -2.36. The molecule has 0 spiro atoms. The molecule has 25 heavy (non-hydrogen) atoms. The van der Waals surface area contributed by atoms with E-state index in [-0.39, 0.29) is 5.91 Å². The molecule has 134 valence electrons. The topological polar surface area (TPSA) is 59.2 Å². The van der Waals surface area contributed by atoms with Crippen LogP contribution >= 0.6 is 11.6 Å². The molecule has 1 fully saturated rings. The van der Waals surface area contributed by atoms with Crippen molar-refractivity contribution in [3.05, 3.63) is 35.2 Å². The van der Waals surface area contributed by atoms with Crippen molar-refractivity contribution in [2.45, 2.75) is 57.4 Å². The number of rotatable bonds is 5. The Morgan fingerprint density at radius 1 is 1.20 bits per heavy atom. The molecule has 6 heteroatoms. The number of aromatic nitrogens is 2. The lowest BCUT2D eigenvalue weighted by Gasteiger charge is -2.27.